The summed E-state index contributed by atoms with van der Waals surface area (Å²) in [6, 6.07) is 4.25. The molecule has 1 aromatic carbocycles. The minimum Gasteiger partial charge on any atom is -0.377 e. The van der Waals surface area contributed by atoms with Crippen molar-refractivity contribution in [3.63, 3.8) is 0 Å². The molecule has 1 nitrogen and oxygen atoms in total. The fourth-order valence-electron chi connectivity index (χ4n) is 2.60. The molecular formula is C17H10F17IO. The third-order valence-corrected chi connectivity index (χ3v) is 5.40. The Balaban J connectivity index is 3.58. The van der Waals surface area contributed by atoms with Crippen molar-refractivity contribution in [2.45, 2.75) is 60.2 Å². The quantitative estimate of drug-likeness (QED) is 0.178. The van der Waals surface area contributed by atoms with Crippen molar-refractivity contribution in [3.8, 4) is 0 Å². The van der Waals surface area contributed by atoms with Crippen LogP contribution in [-0.4, -0.2) is 54.7 Å². The second-order valence-corrected chi connectivity index (χ2v) is 8.38. The molecule has 0 fully saturated rings. The van der Waals surface area contributed by atoms with E-state index in [2.05, 4.69) is 4.74 Å². The van der Waals surface area contributed by atoms with Gasteiger partial charge in [-0.25, -0.2) is 0 Å². The Morgan fingerprint density at radius 1 is 0.639 bits per heavy atom. The summed E-state index contributed by atoms with van der Waals surface area (Å²) >= 11 is 1.55. The van der Waals surface area contributed by atoms with Gasteiger partial charge in [-0.15, -0.1) is 0 Å². The van der Waals surface area contributed by atoms with Gasteiger partial charge in [0, 0.05) is 17.1 Å². The van der Waals surface area contributed by atoms with Gasteiger partial charge < -0.3 is 4.74 Å². The van der Waals surface area contributed by atoms with E-state index in [0.717, 1.165) is 18.2 Å². The minimum absolute atomic E-state index is 0.214. The average molecular weight is 680 g/mol. The van der Waals surface area contributed by atoms with E-state index in [1.165, 1.54) is 6.07 Å². The molecule has 0 aliphatic heterocycles. The lowest BCUT2D eigenvalue weighted by Gasteiger charge is -2.43. The van der Waals surface area contributed by atoms with Gasteiger partial charge >= 0.3 is 47.6 Å². The van der Waals surface area contributed by atoms with Crippen LogP contribution in [0, 0.1) is 3.57 Å². The first-order valence-corrected chi connectivity index (χ1v) is 9.75. The van der Waals surface area contributed by atoms with Crippen molar-refractivity contribution in [3.05, 3.63) is 33.4 Å². The Bertz CT molecular complexity index is 924. The number of benzene rings is 1. The topological polar surface area (TPSA) is 9.23 Å². The zero-order valence-electron chi connectivity index (χ0n) is 16.8. The van der Waals surface area contributed by atoms with E-state index in [9.17, 15) is 74.6 Å². The molecule has 0 saturated heterocycles. The average Bonchev–Trinajstić information content (AvgIpc) is 2.70. The number of methoxy groups -OCH3 is 1. The Hall–Kier alpha value is -1.28. The van der Waals surface area contributed by atoms with Gasteiger partial charge in [0.2, 0.25) is 0 Å². The molecule has 0 spiro atoms. The van der Waals surface area contributed by atoms with E-state index >= 15 is 0 Å². The van der Waals surface area contributed by atoms with Crippen molar-refractivity contribution in [2.75, 3.05) is 7.11 Å². The third-order valence-electron chi connectivity index (χ3n) is 4.73. The Morgan fingerprint density at radius 2 is 1.03 bits per heavy atom. The number of rotatable bonds is 10. The monoisotopic (exact) mass is 680 g/mol. The van der Waals surface area contributed by atoms with Gasteiger partial charge in [0.25, 0.3) is 0 Å². The van der Waals surface area contributed by atoms with Gasteiger partial charge in [0.1, 0.15) is 0 Å². The zero-order chi connectivity index (χ0) is 29.0. The van der Waals surface area contributed by atoms with E-state index in [1.807, 2.05) is 0 Å². The summed E-state index contributed by atoms with van der Waals surface area (Å²) in [4.78, 5) is 0. The molecule has 0 radical (unpaired) electrons. The summed E-state index contributed by atoms with van der Waals surface area (Å²) in [5.41, 5.74) is -0.461. The number of ether oxygens (including phenoxy) is 1. The van der Waals surface area contributed by atoms with Gasteiger partial charge in [-0.3, -0.25) is 0 Å². The summed E-state index contributed by atoms with van der Waals surface area (Å²) in [7, 11) is 0.541. The second-order valence-electron chi connectivity index (χ2n) is 7.13. The molecule has 0 aliphatic rings. The van der Waals surface area contributed by atoms with Crippen molar-refractivity contribution < 1.29 is 79.4 Å². The maximum absolute atomic E-state index is 14.2. The molecule has 36 heavy (non-hydrogen) atoms. The van der Waals surface area contributed by atoms with Crippen LogP contribution < -0.4 is 0 Å². The van der Waals surface area contributed by atoms with Crippen LogP contribution in [0.4, 0.5) is 74.6 Å². The van der Waals surface area contributed by atoms with E-state index in [0.29, 0.717) is 7.11 Å². The standard InChI is InChI=1S/C17H10F17IO/c1-36-9(7-3-2-4-8(35)5-7)6-10(18,19)11(20,21)12(22,23)13(24,25)14(26,27)15(28,29)16(30,31)17(32,33)34/h2-5,9H,6H2,1H3. The summed E-state index contributed by atoms with van der Waals surface area (Å²) < 4.78 is 231. The molecule has 19 heteroatoms. The van der Waals surface area contributed by atoms with Gasteiger partial charge in [-0.1, -0.05) is 12.1 Å². The largest absolute Gasteiger partial charge is 0.460 e. The molecule has 1 unspecified atom stereocenters. The van der Waals surface area contributed by atoms with Crippen LogP contribution in [0.5, 0.6) is 0 Å². The summed E-state index contributed by atoms with van der Waals surface area (Å²) in [6.07, 6.45) is -12.8. The molecule has 1 rings (SSSR count). The van der Waals surface area contributed by atoms with E-state index < -0.39 is 65.7 Å². The molecule has 210 valence electrons. The highest BCUT2D eigenvalue weighted by molar-refractivity contribution is 14.1. The minimum atomic E-state index is -8.64. The highest BCUT2D eigenvalue weighted by Gasteiger charge is 2.95. The Morgan fingerprint density at radius 3 is 1.39 bits per heavy atom. The van der Waals surface area contributed by atoms with Crippen LogP contribution in [-0.2, 0) is 4.74 Å². The SMILES string of the molecule is COC(CC(F)(F)C(F)(F)C(F)(F)C(F)(F)C(F)(F)C(F)(F)C(F)(F)C(F)(F)F)c1cccc(I)c1. The number of hydrogen-bond acceptors (Lipinski definition) is 1. The predicted molar refractivity (Wildman–Crippen MR) is 94.2 cm³/mol. The maximum Gasteiger partial charge on any atom is 0.460 e. The van der Waals surface area contributed by atoms with E-state index in [1.54, 1.807) is 22.6 Å². The van der Waals surface area contributed by atoms with Gasteiger partial charge in [0.15, 0.2) is 0 Å². The number of alkyl halides is 17. The molecule has 0 amide bonds. The normalized spacial score (nSPS) is 16.3. The molecule has 0 N–H and O–H groups in total. The summed E-state index contributed by atoms with van der Waals surface area (Å²) in [5.74, 6) is -56.5. The van der Waals surface area contributed by atoms with Crippen molar-refractivity contribution in [1.82, 2.24) is 0 Å². The molecule has 0 heterocycles. The molecule has 0 aliphatic carbocycles. The molecular weight excluding hydrogens is 670 g/mol. The molecule has 0 bridgehead atoms. The number of hydrogen-bond donors (Lipinski definition) is 0. The molecule has 1 atom stereocenters. The molecule has 1 aromatic rings. The number of halogens is 18. The van der Waals surface area contributed by atoms with Gasteiger partial charge in [0.05, 0.1) is 6.10 Å². The van der Waals surface area contributed by atoms with Crippen molar-refractivity contribution in [2.24, 2.45) is 0 Å². The molecule has 0 saturated carbocycles. The highest BCUT2D eigenvalue weighted by atomic mass is 127. The first-order valence-electron chi connectivity index (χ1n) is 8.67. The lowest BCUT2D eigenvalue weighted by Crippen LogP contribution is -2.74. The van der Waals surface area contributed by atoms with Gasteiger partial charge in [-0.05, 0) is 40.3 Å². The maximum atomic E-state index is 14.2. The first-order chi connectivity index (χ1) is 15.7. The van der Waals surface area contributed by atoms with Crippen molar-refractivity contribution in [1.29, 1.82) is 0 Å². The van der Waals surface area contributed by atoms with Crippen LogP contribution >= 0.6 is 22.6 Å². The third kappa shape index (κ3) is 4.81. The predicted octanol–water partition coefficient (Wildman–Crippen LogP) is 8.38. The van der Waals surface area contributed by atoms with Crippen molar-refractivity contribution >= 4 is 22.6 Å². The summed E-state index contributed by atoms with van der Waals surface area (Å²) in [6.45, 7) is 0. The van der Waals surface area contributed by atoms with Crippen LogP contribution in [0.15, 0.2) is 24.3 Å². The fourth-order valence-corrected chi connectivity index (χ4v) is 3.17. The van der Waals surface area contributed by atoms with Crippen LogP contribution in [0.1, 0.15) is 18.1 Å². The Kier molecular flexibility index (Phi) is 8.62. The molecule has 0 aromatic heterocycles. The van der Waals surface area contributed by atoms with Crippen LogP contribution in [0.2, 0.25) is 0 Å². The fraction of sp³-hybridized carbons (Fsp3) is 0.647. The van der Waals surface area contributed by atoms with Crippen LogP contribution in [0.3, 0.4) is 0 Å². The lowest BCUT2D eigenvalue weighted by atomic mass is 9.87. The van der Waals surface area contributed by atoms with Crippen LogP contribution in [0.25, 0.3) is 0 Å². The first kappa shape index (κ1) is 32.7. The second kappa shape index (κ2) is 9.48. The highest BCUT2D eigenvalue weighted by Crippen LogP contribution is 2.64. The zero-order valence-corrected chi connectivity index (χ0v) is 19.0. The van der Waals surface area contributed by atoms with Gasteiger partial charge in [-0.2, -0.15) is 74.6 Å². The van der Waals surface area contributed by atoms with E-state index in [4.69, 9.17) is 0 Å². The lowest BCUT2D eigenvalue weighted by molar-refractivity contribution is -0.462. The summed E-state index contributed by atoms with van der Waals surface area (Å²) in [5, 5.41) is 0. The smallest absolute Gasteiger partial charge is 0.377 e. The van der Waals surface area contributed by atoms with E-state index in [-0.39, 0.29) is 3.57 Å². The Labute approximate surface area is 203 Å².